The lowest BCUT2D eigenvalue weighted by Crippen LogP contribution is -2.73. The fourth-order valence-corrected chi connectivity index (χ4v) is 8.54. The van der Waals surface area contributed by atoms with Crippen molar-refractivity contribution >= 4 is 5.71 Å². The van der Waals surface area contributed by atoms with Crippen molar-refractivity contribution in [2.45, 2.75) is 101 Å². The molecule has 0 amide bonds. The highest BCUT2D eigenvalue weighted by atomic mass is 19.4. The molecular weight excluding hydrogens is 578 g/mol. The van der Waals surface area contributed by atoms with Gasteiger partial charge in [0.1, 0.15) is 24.6 Å². The second-order valence-electron chi connectivity index (χ2n) is 14.1. The van der Waals surface area contributed by atoms with Crippen LogP contribution in [0.2, 0.25) is 0 Å². The number of piperidine rings is 2. The van der Waals surface area contributed by atoms with Crippen LogP contribution in [-0.4, -0.2) is 127 Å². The third-order valence-corrected chi connectivity index (χ3v) is 11.4. The molecule has 248 valence electrons. The fraction of sp³-hybridized carbons (Fsp3) is 0.933. The van der Waals surface area contributed by atoms with Gasteiger partial charge >= 0.3 is 6.18 Å². The summed E-state index contributed by atoms with van der Waals surface area (Å²) in [5, 5.41) is 32.6. The van der Waals surface area contributed by atoms with E-state index < -0.39 is 30.5 Å². The summed E-state index contributed by atoms with van der Waals surface area (Å²) in [4.78, 5) is 9.41. The average Bonchev–Trinajstić information content (AvgIpc) is 3.68. The van der Waals surface area contributed by atoms with E-state index in [1.807, 2.05) is 0 Å². The van der Waals surface area contributed by atoms with Crippen molar-refractivity contribution in [2.75, 3.05) is 52.4 Å². The molecule has 9 atom stereocenters. The van der Waals surface area contributed by atoms with Gasteiger partial charge in [-0.2, -0.15) is 18.4 Å². The Morgan fingerprint density at radius 2 is 1.86 bits per heavy atom. The lowest BCUT2D eigenvalue weighted by atomic mass is 9.82. The number of hydrogen-bond donors (Lipinski definition) is 5. The highest BCUT2D eigenvalue weighted by Gasteiger charge is 2.54. The fourth-order valence-electron chi connectivity index (χ4n) is 8.54. The molecule has 6 rings (SSSR count). The molecule has 6 heterocycles. The highest BCUT2D eigenvalue weighted by Crippen LogP contribution is 2.39. The first kappa shape index (κ1) is 32.5. The first-order valence-electron chi connectivity index (χ1n) is 16.6. The first-order chi connectivity index (χ1) is 21.0. The predicted molar refractivity (Wildman–Crippen MR) is 158 cm³/mol. The highest BCUT2D eigenvalue weighted by molar-refractivity contribution is 5.91. The summed E-state index contributed by atoms with van der Waals surface area (Å²) in [6.45, 7) is 9.66. The second kappa shape index (κ2) is 13.0. The van der Waals surface area contributed by atoms with E-state index in [4.69, 9.17) is 4.99 Å². The molecule has 6 aliphatic heterocycles. The van der Waals surface area contributed by atoms with Gasteiger partial charge < -0.3 is 15.7 Å². The van der Waals surface area contributed by atoms with Crippen LogP contribution in [0, 0.1) is 35.0 Å². The standard InChI is InChI=1S/C30H49F4N9O/c1-3-18(2)26-39-24(22-5-11-37-27(22)40-26)19-14-38-43(15-19)29(8-9-35)16-42(17-29)20-6-12-41(13-7-20)28(44)21-4-10-36-25(23(21)31)30(32,33)34/h18-23,25-28,36-38,40,44H,3-8,10-17H2,1-2H3. The van der Waals surface area contributed by atoms with Crippen LogP contribution >= 0.6 is 0 Å². The van der Waals surface area contributed by atoms with E-state index >= 15 is 0 Å². The number of rotatable bonds is 8. The predicted octanol–water partition coefficient (Wildman–Crippen LogP) is 1.40. The topological polar surface area (TPSA) is 114 Å². The third kappa shape index (κ3) is 6.15. The van der Waals surface area contributed by atoms with Gasteiger partial charge in [0.2, 0.25) is 0 Å². The normalized spacial score (nSPS) is 38.9. The monoisotopic (exact) mass is 627 g/mol. The Hall–Kier alpha value is -1.44. The van der Waals surface area contributed by atoms with Crippen molar-refractivity contribution in [1.82, 2.24) is 36.2 Å². The number of aliphatic hydroxyl groups excluding tert-OH is 1. The number of hydrogen-bond acceptors (Lipinski definition) is 10. The number of aliphatic imine (C=N–C) groups is 1. The number of hydrazine groups is 1. The van der Waals surface area contributed by atoms with Gasteiger partial charge in [-0.25, -0.2) is 9.40 Å². The summed E-state index contributed by atoms with van der Waals surface area (Å²) >= 11 is 0. The minimum absolute atomic E-state index is 0.0315. The van der Waals surface area contributed by atoms with Crippen LogP contribution < -0.4 is 21.4 Å². The van der Waals surface area contributed by atoms with Gasteiger partial charge in [-0.3, -0.25) is 25.5 Å². The molecule has 14 heteroatoms. The molecule has 0 saturated carbocycles. The Morgan fingerprint density at radius 3 is 2.55 bits per heavy atom. The van der Waals surface area contributed by atoms with E-state index in [-0.39, 0.29) is 36.9 Å². The largest absolute Gasteiger partial charge is 0.406 e. The van der Waals surface area contributed by atoms with Crippen molar-refractivity contribution < 1.29 is 22.7 Å². The van der Waals surface area contributed by atoms with Crippen LogP contribution in [0.1, 0.15) is 52.4 Å². The first-order valence-corrected chi connectivity index (χ1v) is 16.6. The molecule has 44 heavy (non-hydrogen) atoms. The summed E-state index contributed by atoms with van der Waals surface area (Å²) in [6, 6.07) is 0.453. The molecule has 0 spiro atoms. The smallest absolute Gasteiger partial charge is 0.378 e. The molecule has 5 N–H and O–H groups in total. The van der Waals surface area contributed by atoms with Gasteiger partial charge in [-0.1, -0.05) is 20.3 Å². The minimum atomic E-state index is -4.68. The molecule has 10 nitrogen and oxygen atoms in total. The Balaban J connectivity index is 1.04. The van der Waals surface area contributed by atoms with E-state index in [1.54, 1.807) is 4.90 Å². The summed E-state index contributed by atoms with van der Waals surface area (Å²) in [5.41, 5.74) is 4.67. The van der Waals surface area contributed by atoms with E-state index in [1.165, 1.54) is 5.71 Å². The summed E-state index contributed by atoms with van der Waals surface area (Å²) in [5.74, 6) is 0.0773. The quantitative estimate of drug-likeness (QED) is 0.255. The number of halogens is 4. The third-order valence-electron chi connectivity index (χ3n) is 11.4. The molecule has 0 aliphatic carbocycles. The molecule has 0 aromatic heterocycles. The van der Waals surface area contributed by atoms with E-state index in [2.05, 4.69) is 51.2 Å². The molecule has 0 radical (unpaired) electrons. The zero-order valence-electron chi connectivity index (χ0n) is 25.9. The van der Waals surface area contributed by atoms with Crippen LogP contribution in [0.5, 0.6) is 0 Å². The molecular formula is C30H49F4N9O. The molecule has 5 fully saturated rings. The van der Waals surface area contributed by atoms with Gasteiger partial charge in [0.25, 0.3) is 0 Å². The van der Waals surface area contributed by atoms with Crippen molar-refractivity contribution in [1.29, 1.82) is 5.26 Å². The van der Waals surface area contributed by atoms with Crippen LogP contribution in [0.3, 0.4) is 0 Å². The zero-order chi connectivity index (χ0) is 31.2. The van der Waals surface area contributed by atoms with E-state index in [9.17, 15) is 27.9 Å². The second-order valence-corrected chi connectivity index (χ2v) is 14.1. The minimum Gasteiger partial charge on any atom is -0.378 e. The van der Waals surface area contributed by atoms with Crippen LogP contribution in [0.15, 0.2) is 4.99 Å². The van der Waals surface area contributed by atoms with Gasteiger partial charge in [-0.15, -0.1) is 0 Å². The number of nitrogens with one attached hydrogen (secondary N) is 4. The van der Waals surface area contributed by atoms with E-state index in [0.717, 1.165) is 58.4 Å². The van der Waals surface area contributed by atoms with Gasteiger partial charge in [0.05, 0.1) is 24.2 Å². The number of aliphatic hydroxyl groups is 1. The van der Waals surface area contributed by atoms with Gasteiger partial charge in [0.15, 0.2) is 0 Å². The Bertz CT molecular complexity index is 1070. The van der Waals surface area contributed by atoms with Crippen LogP contribution in [0.4, 0.5) is 17.6 Å². The molecule has 6 aliphatic rings. The number of likely N-dealkylation sites (tertiary alicyclic amines) is 2. The molecule has 0 aromatic carbocycles. The van der Waals surface area contributed by atoms with Crippen LogP contribution in [0.25, 0.3) is 0 Å². The van der Waals surface area contributed by atoms with Crippen molar-refractivity contribution in [2.24, 2.45) is 28.7 Å². The van der Waals surface area contributed by atoms with Crippen molar-refractivity contribution in [3.8, 4) is 6.07 Å². The van der Waals surface area contributed by atoms with Gasteiger partial charge in [0, 0.05) is 68.8 Å². The maximum atomic E-state index is 14.8. The lowest BCUT2D eigenvalue weighted by Gasteiger charge is -2.57. The molecule has 0 bridgehead atoms. The Morgan fingerprint density at radius 1 is 1.14 bits per heavy atom. The van der Waals surface area contributed by atoms with Gasteiger partial charge in [-0.05, 0) is 44.7 Å². The Labute approximate surface area is 257 Å². The van der Waals surface area contributed by atoms with Crippen molar-refractivity contribution in [3.05, 3.63) is 0 Å². The number of nitrogens with zero attached hydrogens (tertiary/aromatic N) is 5. The van der Waals surface area contributed by atoms with E-state index in [0.29, 0.717) is 37.3 Å². The Kier molecular flexibility index (Phi) is 9.59. The number of nitriles is 1. The lowest BCUT2D eigenvalue weighted by molar-refractivity contribution is -0.193. The van der Waals surface area contributed by atoms with Crippen molar-refractivity contribution in [3.63, 3.8) is 0 Å². The van der Waals surface area contributed by atoms with Crippen LogP contribution in [-0.2, 0) is 0 Å². The molecule has 9 unspecified atom stereocenters. The maximum Gasteiger partial charge on any atom is 0.406 e. The summed E-state index contributed by atoms with van der Waals surface area (Å²) < 4.78 is 54.6. The SMILES string of the molecule is CCC(C)C1N=C(C2CNN(C3(CC#N)CN(C4CCN(C(O)C5CCNC(C(F)(F)F)C5F)CC4)C3)C2)C2CCNC2N1. The maximum absolute atomic E-state index is 14.8. The summed E-state index contributed by atoms with van der Waals surface area (Å²) in [7, 11) is 0. The zero-order valence-corrected chi connectivity index (χ0v) is 25.9. The number of alkyl halides is 4. The molecule has 5 saturated heterocycles. The molecule has 0 aromatic rings. The summed E-state index contributed by atoms with van der Waals surface area (Å²) in [6.07, 6.45) is -3.48. The average molecular weight is 628 g/mol. The number of fused-ring (bicyclic) bond motifs is 1.